The number of aldehydes is 1. The minimum atomic E-state index is 0.743. The first-order valence-electron chi connectivity index (χ1n) is 4.02. The van der Waals surface area contributed by atoms with Crippen molar-refractivity contribution in [1.82, 2.24) is 0 Å². The molecule has 0 unspecified atom stereocenters. The highest BCUT2D eigenvalue weighted by Gasteiger charge is 1.81. The van der Waals surface area contributed by atoms with Crippen molar-refractivity contribution in [3.05, 3.63) is 54.8 Å². The Morgan fingerprint density at radius 2 is 1.77 bits per heavy atom. The van der Waals surface area contributed by atoms with E-state index in [0.717, 1.165) is 12.0 Å². The standard InChI is InChI=1S/C11H11NO/c13-10-6-2-5-9-12-11-7-3-1-4-8-11/h1-10,12H/b6-2+,9-5+. The van der Waals surface area contributed by atoms with Crippen molar-refractivity contribution in [1.29, 1.82) is 0 Å². The molecule has 0 amide bonds. The van der Waals surface area contributed by atoms with Gasteiger partial charge in [0.1, 0.15) is 6.29 Å². The molecule has 0 atom stereocenters. The fraction of sp³-hybridized carbons (Fsp3) is 0. The van der Waals surface area contributed by atoms with Crippen molar-refractivity contribution in [3.8, 4) is 0 Å². The molecule has 2 heteroatoms. The van der Waals surface area contributed by atoms with Gasteiger partial charge in [-0.05, 0) is 24.3 Å². The van der Waals surface area contributed by atoms with E-state index in [2.05, 4.69) is 5.32 Å². The maximum atomic E-state index is 9.90. The van der Waals surface area contributed by atoms with Crippen LogP contribution in [-0.2, 0) is 4.79 Å². The summed E-state index contributed by atoms with van der Waals surface area (Å²) in [6, 6.07) is 9.80. The van der Waals surface area contributed by atoms with Crippen LogP contribution >= 0.6 is 0 Å². The lowest BCUT2D eigenvalue weighted by atomic mass is 10.3. The number of rotatable bonds is 4. The predicted octanol–water partition coefficient (Wildman–Crippen LogP) is 2.37. The van der Waals surface area contributed by atoms with Crippen LogP contribution < -0.4 is 5.32 Å². The Labute approximate surface area is 77.6 Å². The molecule has 0 saturated carbocycles. The maximum absolute atomic E-state index is 9.90. The molecule has 0 heterocycles. The summed E-state index contributed by atoms with van der Waals surface area (Å²) in [5, 5.41) is 3.06. The SMILES string of the molecule is O=C/C=C/C=C/Nc1ccccc1. The van der Waals surface area contributed by atoms with E-state index in [4.69, 9.17) is 0 Å². The van der Waals surface area contributed by atoms with E-state index >= 15 is 0 Å². The van der Waals surface area contributed by atoms with Gasteiger partial charge in [-0.15, -0.1) is 0 Å². The van der Waals surface area contributed by atoms with Crippen molar-refractivity contribution in [2.45, 2.75) is 0 Å². The summed E-state index contributed by atoms with van der Waals surface area (Å²) < 4.78 is 0. The molecule has 0 aliphatic heterocycles. The van der Waals surface area contributed by atoms with Crippen molar-refractivity contribution in [3.63, 3.8) is 0 Å². The average molecular weight is 173 g/mol. The van der Waals surface area contributed by atoms with Gasteiger partial charge in [-0.25, -0.2) is 0 Å². The van der Waals surface area contributed by atoms with Crippen LogP contribution in [0.2, 0.25) is 0 Å². The zero-order chi connectivity index (χ0) is 9.36. The van der Waals surface area contributed by atoms with E-state index in [0.29, 0.717) is 0 Å². The highest BCUT2D eigenvalue weighted by atomic mass is 16.1. The lowest BCUT2D eigenvalue weighted by Gasteiger charge is -1.96. The summed E-state index contributed by atoms with van der Waals surface area (Å²) in [4.78, 5) is 9.90. The average Bonchev–Trinajstić information content (AvgIpc) is 2.19. The van der Waals surface area contributed by atoms with Crippen LogP contribution in [0.5, 0.6) is 0 Å². The van der Waals surface area contributed by atoms with Crippen molar-refractivity contribution in [2.24, 2.45) is 0 Å². The second-order valence-electron chi connectivity index (χ2n) is 2.39. The molecule has 0 aliphatic carbocycles. The molecule has 1 aromatic carbocycles. The van der Waals surface area contributed by atoms with Gasteiger partial charge in [0.05, 0.1) is 0 Å². The fourth-order valence-corrected chi connectivity index (χ4v) is 0.844. The number of carbonyl (C=O) groups excluding carboxylic acids is 1. The summed E-state index contributed by atoms with van der Waals surface area (Å²) in [5.41, 5.74) is 1.03. The summed E-state index contributed by atoms with van der Waals surface area (Å²) in [5.74, 6) is 0. The quantitative estimate of drug-likeness (QED) is 0.430. The second kappa shape index (κ2) is 5.77. The molecule has 1 rings (SSSR count). The van der Waals surface area contributed by atoms with Crippen LogP contribution in [0.15, 0.2) is 54.8 Å². The van der Waals surface area contributed by atoms with Crippen molar-refractivity contribution in [2.75, 3.05) is 5.32 Å². The van der Waals surface area contributed by atoms with Crippen molar-refractivity contribution >= 4 is 12.0 Å². The zero-order valence-electron chi connectivity index (χ0n) is 7.18. The Morgan fingerprint density at radius 1 is 1.00 bits per heavy atom. The Kier molecular flexibility index (Phi) is 4.11. The minimum Gasteiger partial charge on any atom is -0.362 e. The number of allylic oxidation sites excluding steroid dienone is 3. The molecular formula is C11H11NO. The Balaban J connectivity index is 2.39. The highest BCUT2D eigenvalue weighted by molar-refractivity contribution is 5.65. The molecule has 66 valence electrons. The summed E-state index contributed by atoms with van der Waals surface area (Å²) >= 11 is 0. The highest BCUT2D eigenvalue weighted by Crippen LogP contribution is 2.03. The zero-order valence-corrected chi connectivity index (χ0v) is 7.18. The van der Waals surface area contributed by atoms with E-state index in [1.165, 1.54) is 6.08 Å². The van der Waals surface area contributed by atoms with E-state index < -0.39 is 0 Å². The third-order valence-corrected chi connectivity index (χ3v) is 1.42. The molecule has 1 N–H and O–H groups in total. The Bertz CT molecular complexity index is 301. The third kappa shape index (κ3) is 3.91. The van der Waals surface area contributed by atoms with Crippen LogP contribution in [0.4, 0.5) is 5.69 Å². The number of carbonyl (C=O) groups is 1. The second-order valence-corrected chi connectivity index (χ2v) is 2.39. The predicted molar refractivity (Wildman–Crippen MR) is 54.4 cm³/mol. The molecule has 13 heavy (non-hydrogen) atoms. The summed E-state index contributed by atoms with van der Waals surface area (Å²) in [6.45, 7) is 0. The fourth-order valence-electron chi connectivity index (χ4n) is 0.844. The number of benzene rings is 1. The Hall–Kier alpha value is -1.83. The molecule has 2 nitrogen and oxygen atoms in total. The smallest absolute Gasteiger partial charge is 0.142 e. The van der Waals surface area contributed by atoms with Gasteiger partial charge in [0.2, 0.25) is 0 Å². The minimum absolute atomic E-state index is 0.743. The van der Waals surface area contributed by atoms with Gasteiger partial charge in [0.15, 0.2) is 0 Å². The van der Waals surface area contributed by atoms with Gasteiger partial charge in [0, 0.05) is 11.9 Å². The van der Waals surface area contributed by atoms with Crippen LogP contribution in [0, 0.1) is 0 Å². The molecule has 0 spiro atoms. The van der Waals surface area contributed by atoms with Gasteiger partial charge in [-0.2, -0.15) is 0 Å². The molecule has 0 aromatic heterocycles. The van der Waals surface area contributed by atoms with Gasteiger partial charge < -0.3 is 5.32 Å². The van der Waals surface area contributed by atoms with E-state index in [1.807, 2.05) is 30.3 Å². The van der Waals surface area contributed by atoms with Gasteiger partial charge >= 0.3 is 0 Å². The Morgan fingerprint density at radius 3 is 2.46 bits per heavy atom. The monoisotopic (exact) mass is 173 g/mol. The summed E-state index contributed by atoms with van der Waals surface area (Å²) in [6.07, 6.45) is 7.38. The maximum Gasteiger partial charge on any atom is 0.142 e. The van der Waals surface area contributed by atoms with Crippen LogP contribution in [0.3, 0.4) is 0 Å². The van der Waals surface area contributed by atoms with Crippen LogP contribution in [0.1, 0.15) is 0 Å². The number of para-hydroxylation sites is 1. The molecular weight excluding hydrogens is 162 g/mol. The van der Waals surface area contributed by atoms with Gasteiger partial charge in [0.25, 0.3) is 0 Å². The van der Waals surface area contributed by atoms with Crippen molar-refractivity contribution < 1.29 is 4.79 Å². The molecule has 1 aromatic rings. The first-order valence-corrected chi connectivity index (χ1v) is 4.02. The van der Waals surface area contributed by atoms with Crippen LogP contribution in [-0.4, -0.2) is 6.29 Å². The first kappa shape index (κ1) is 9.26. The topological polar surface area (TPSA) is 29.1 Å². The summed E-state index contributed by atoms with van der Waals surface area (Å²) in [7, 11) is 0. The molecule has 0 aliphatic rings. The lowest BCUT2D eigenvalue weighted by Crippen LogP contribution is -1.84. The number of nitrogens with one attached hydrogen (secondary N) is 1. The van der Waals surface area contributed by atoms with E-state index in [-0.39, 0.29) is 0 Å². The van der Waals surface area contributed by atoms with Gasteiger partial charge in [-0.1, -0.05) is 24.3 Å². The van der Waals surface area contributed by atoms with E-state index in [1.54, 1.807) is 18.4 Å². The largest absolute Gasteiger partial charge is 0.362 e. The molecule has 0 saturated heterocycles. The lowest BCUT2D eigenvalue weighted by molar-refractivity contribution is -0.104. The number of hydrogen-bond acceptors (Lipinski definition) is 2. The third-order valence-electron chi connectivity index (χ3n) is 1.42. The molecule has 0 fully saturated rings. The van der Waals surface area contributed by atoms with Crippen LogP contribution in [0.25, 0.3) is 0 Å². The van der Waals surface area contributed by atoms with E-state index in [9.17, 15) is 4.79 Å². The number of hydrogen-bond donors (Lipinski definition) is 1. The molecule has 0 bridgehead atoms. The van der Waals surface area contributed by atoms with Gasteiger partial charge in [-0.3, -0.25) is 4.79 Å². The first-order chi connectivity index (χ1) is 6.43. The number of anilines is 1. The normalized spacial score (nSPS) is 10.8. The molecule has 0 radical (unpaired) electrons.